The summed E-state index contributed by atoms with van der Waals surface area (Å²) in [5, 5.41) is 2.74. The van der Waals surface area contributed by atoms with Crippen molar-refractivity contribution in [3.05, 3.63) is 35.4 Å². The molecular formula is C17H22N2O3. The number of primary amides is 1. The van der Waals surface area contributed by atoms with Crippen LogP contribution in [0.5, 0.6) is 0 Å². The minimum absolute atomic E-state index is 0.424. The van der Waals surface area contributed by atoms with Crippen molar-refractivity contribution in [3.63, 3.8) is 0 Å². The number of amides is 2. The van der Waals surface area contributed by atoms with Crippen molar-refractivity contribution in [1.29, 1.82) is 0 Å². The van der Waals surface area contributed by atoms with Gasteiger partial charge in [-0.25, -0.2) is 4.79 Å². The Morgan fingerprint density at radius 2 is 2.00 bits per heavy atom. The fourth-order valence-electron chi connectivity index (χ4n) is 2.93. The normalized spacial score (nSPS) is 16.5. The van der Waals surface area contributed by atoms with Crippen molar-refractivity contribution in [2.75, 3.05) is 5.32 Å². The molecule has 0 fully saturated rings. The van der Waals surface area contributed by atoms with Crippen molar-refractivity contribution >= 4 is 23.3 Å². The maximum atomic E-state index is 11.8. The SMILES string of the molecule is CCC(=CC(N)=O)c1ccc2c(c1)C(CC)(CC)OC(=O)N2. The first-order chi connectivity index (χ1) is 10.5. The molecule has 3 N–H and O–H groups in total. The second kappa shape index (κ2) is 6.22. The predicted molar refractivity (Wildman–Crippen MR) is 86.3 cm³/mol. The Morgan fingerprint density at radius 3 is 2.55 bits per heavy atom. The average Bonchev–Trinajstić information content (AvgIpc) is 2.51. The quantitative estimate of drug-likeness (QED) is 0.816. The highest BCUT2D eigenvalue weighted by Gasteiger charge is 2.39. The minimum atomic E-state index is -0.626. The highest BCUT2D eigenvalue weighted by Crippen LogP contribution is 2.42. The van der Waals surface area contributed by atoms with Crippen LogP contribution in [0.1, 0.15) is 51.2 Å². The Hall–Kier alpha value is -2.30. The molecule has 1 aromatic carbocycles. The van der Waals surface area contributed by atoms with Crippen molar-refractivity contribution in [3.8, 4) is 0 Å². The van der Waals surface area contributed by atoms with Gasteiger partial charge in [-0.3, -0.25) is 10.1 Å². The van der Waals surface area contributed by atoms with Gasteiger partial charge in [-0.05, 0) is 42.5 Å². The summed E-state index contributed by atoms with van der Waals surface area (Å²) in [6.07, 6.45) is 3.10. The number of nitrogens with two attached hydrogens (primary N) is 1. The van der Waals surface area contributed by atoms with E-state index in [1.165, 1.54) is 6.08 Å². The molecule has 1 aromatic rings. The van der Waals surface area contributed by atoms with Gasteiger partial charge in [0.05, 0.1) is 5.69 Å². The van der Waals surface area contributed by atoms with Crippen LogP contribution in [0.15, 0.2) is 24.3 Å². The number of carbonyl (C=O) groups excluding carboxylic acids is 2. The molecule has 0 atom stereocenters. The summed E-state index contributed by atoms with van der Waals surface area (Å²) >= 11 is 0. The lowest BCUT2D eigenvalue weighted by Crippen LogP contribution is -2.38. The van der Waals surface area contributed by atoms with Crippen molar-refractivity contribution in [2.24, 2.45) is 5.73 Å². The Kier molecular flexibility index (Phi) is 4.54. The predicted octanol–water partition coefficient (Wildman–Crippen LogP) is 3.54. The van der Waals surface area contributed by atoms with E-state index in [9.17, 15) is 9.59 Å². The highest BCUT2D eigenvalue weighted by molar-refractivity contribution is 5.95. The number of hydrogen-bond donors (Lipinski definition) is 2. The zero-order valence-electron chi connectivity index (χ0n) is 13.2. The van der Waals surface area contributed by atoms with E-state index < -0.39 is 17.6 Å². The van der Waals surface area contributed by atoms with Crippen molar-refractivity contribution < 1.29 is 14.3 Å². The number of cyclic esters (lactones) is 1. The Bertz CT molecular complexity index is 631. The molecule has 22 heavy (non-hydrogen) atoms. The molecule has 0 radical (unpaired) electrons. The number of fused-ring (bicyclic) bond motifs is 1. The number of benzene rings is 1. The van der Waals surface area contributed by atoms with Crippen molar-refractivity contribution in [2.45, 2.75) is 45.6 Å². The molecule has 1 heterocycles. The topological polar surface area (TPSA) is 81.4 Å². The number of allylic oxidation sites excluding steroid dienone is 1. The van der Waals surface area contributed by atoms with Gasteiger partial charge in [-0.2, -0.15) is 0 Å². The van der Waals surface area contributed by atoms with E-state index in [1.807, 2.05) is 39.0 Å². The lowest BCUT2D eigenvalue weighted by Gasteiger charge is -2.37. The monoisotopic (exact) mass is 302 g/mol. The molecule has 5 nitrogen and oxygen atoms in total. The zero-order valence-corrected chi connectivity index (χ0v) is 13.2. The third kappa shape index (κ3) is 2.84. The van der Waals surface area contributed by atoms with Crippen LogP contribution in [0.4, 0.5) is 10.5 Å². The van der Waals surface area contributed by atoms with E-state index in [0.717, 1.165) is 22.4 Å². The molecule has 5 heteroatoms. The van der Waals surface area contributed by atoms with E-state index in [2.05, 4.69) is 5.32 Å². The first-order valence-corrected chi connectivity index (χ1v) is 7.60. The molecule has 0 unspecified atom stereocenters. The number of nitrogens with one attached hydrogen (secondary N) is 1. The third-order valence-corrected chi connectivity index (χ3v) is 4.25. The molecule has 0 aliphatic carbocycles. The Balaban J connectivity index is 2.58. The molecular weight excluding hydrogens is 280 g/mol. The lowest BCUT2D eigenvalue weighted by molar-refractivity contribution is -0.113. The van der Waals surface area contributed by atoms with Gasteiger partial charge >= 0.3 is 6.09 Å². The second-order valence-electron chi connectivity index (χ2n) is 5.40. The van der Waals surface area contributed by atoms with E-state index in [1.54, 1.807) is 0 Å². The largest absolute Gasteiger partial charge is 0.438 e. The third-order valence-electron chi connectivity index (χ3n) is 4.25. The molecule has 0 spiro atoms. The summed E-state index contributed by atoms with van der Waals surface area (Å²) in [5.41, 5.74) is 8.14. The van der Waals surface area contributed by atoms with Crippen LogP contribution in [0.3, 0.4) is 0 Å². The molecule has 0 saturated heterocycles. The summed E-state index contributed by atoms with van der Waals surface area (Å²) in [5.74, 6) is -0.462. The molecule has 1 aliphatic heterocycles. The van der Waals surface area contributed by atoms with Crippen LogP contribution in [0.2, 0.25) is 0 Å². The molecule has 118 valence electrons. The number of carbonyl (C=O) groups is 2. The maximum Gasteiger partial charge on any atom is 0.412 e. The van der Waals surface area contributed by atoms with Gasteiger partial charge in [0.15, 0.2) is 0 Å². The summed E-state index contributed by atoms with van der Waals surface area (Å²) in [6, 6.07) is 5.73. The fourth-order valence-corrected chi connectivity index (χ4v) is 2.93. The van der Waals surface area contributed by atoms with Crippen LogP contribution < -0.4 is 11.1 Å². The average molecular weight is 302 g/mol. The van der Waals surface area contributed by atoms with E-state index in [0.29, 0.717) is 19.3 Å². The van der Waals surface area contributed by atoms with Crippen molar-refractivity contribution in [1.82, 2.24) is 0 Å². The van der Waals surface area contributed by atoms with Crippen LogP contribution in [-0.4, -0.2) is 12.0 Å². The summed E-state index contributed by atoms with van der Waals surface area (Å²) < 4.78 is 5.59. The summed E-state index contributed by atoms with van der Waals surface area (Å²) in [6.45, 7) is 5.97. The van der Waals surface area contributed by atoms with Gasteiger partial charge in [-0.15, -0.1) is 0 Å². The molecule has 0 saturated carbocycles. The Morgan fingerprint density at radius 1 is 1.32 bits per heavy atom. The van der Waals surface area contributed by atoms with Crippen LogP contribution >= 0.6 is 0 Å². The standard InChI is InChI=1S/C17H22N2O3/c1-4-11(10-15(18)20)12-7-8-14-13(9-12)17(5-2,6-3)22-16(21)19-14/h7-10H,4-6H2,1-3H3,(H2,18,20)(H,19,21). The van der Waals surface area contributed by atoms with Gasteiger partial charge in [0.2, 0.25) is 5.91 Å². The van der Waals surface area contributed by atoms with E-state index in [-0.39, 0.29) is 0 Å². The van der Waals surface area contributed by atoms with Gasteiger partial charge in [0.1, 0.15) is 5.60 Å². The molecule has 2 rings (SSSR count). The maximum absolute atomic E-state index is 11.8. The van der Waals surface area contributed by atoms with E-state index >= 15 is 0 Å². The number of anilines is 1. The molecule has 0 aromatic heterocycles. The first kappa shape index (κ1) is 16.1. The molecule has 2 amide bonds. The van der Waals surface area contributed by atoms with Crippen LogP contribution in [-0.2, 0) is 15.1 Å². The smallest absolute Gasteiger partial charge is 0.412 e. The zero-order chi connectivity index (χ0) is 16.3. The van der Waals surface area contributed by atoms with Crippen LogP contribution in [0.25, 0.3) is 5.57 Å². The van der Waals surface area contributed by atoms with Gasteiger partial charge in [0, 0.05) is 11.6 Å². The summed E-state index contributed by atoms with van der Waals surface area (Å²) in [4.78, 5) is 23.0. The lowest BCUT2D eigenvalue weighted by atomic mass is 9.84. The second-order valence-corrected chi connectivity index (χ2v) is 5.40. The van der Waals surface area contributed by atoms with E-state index in [4.69, 9.17) is 10.5 Å². The number of ether oxygens (including phenoxy) is 1. The number of rotatable bonds is 5. The summed E-state index contributed by atoms with van der Waals surface area (Å²) in [7, 11) is 0. The molecule has 0 bridgehead atoms. The van der Waals surface area contributed by atoms with Gasteiger partial charge in [-0.1, -0.05) is 26.8 Å². The first-order valence-electron chi connectivity index (χ1n) is 7.60. The minimum Gasteiger partial charge on any atom is -0.438 e. The molecule has 1 aliphatic rings. The van der Waals surface area contributed by atoms with Crippen LogP contribution in [0, 0.1) is 0 Å². The van der Waals surface area contributed by atoms with Gasteiger partial charge in [0.25, 0.3) is 0 Å². The highest BCUT2D eigenvalue weighted by atomic mass is 16.6. The fraction of sp³-hybridized carbons (Fsp3) is 0.412. The van der Waals surface area contributed by atoms with Gasteiger partial charge < -0.3 is 10.5 Å². The number of hydrogen-bond acceptors (Lipinski definition) is 3. The Labute approximate surface area is 130 Å².